The maximum atomic E-state index is 4.97. The molecule has 1 aliphatic rings. The molecular formula is C8H20Cl3N3Ti. The third kappa shape index (κ3) is 70.9. The van der Waals surface area contributed by atoms with Gasteiger partial charge in [-0.05, 0) is 21.1 Å². The zero-order chi connectivity index (χ0) is 13.1. The minimum absolute atomic E-state index is 1.50. The molecule has 0 amide bonds. The van der Waals surface area contributed by atoms with Gasteiger partial charge < -0.3 is 17.2 Å². The molecule has 0 spiro atoms. The van der Waals surface area contributed by atoms with Crippen LogP contribution in [0, 0.1) is 6.42 Å². The Kier molecular flexibility index (Phi) is 60.4. The van der Waals surface area contributed by atoms with Crippen LogP contribution in [0.2, 0.25) is 0 Å². The summed E-state index contributed by atoms with van der Waals surface area (Å²) in [5.41, 5.74) is 13.5. The number of allylic oxidation sites excluding steroid dienone is 4. The van der Waals surface area contributed by atoms with E-state index in [1.54, 1.807) is 0 Å². The standard InChI is InChI=1S/C5H5.3CH5N.3ClH.Ti/c1-2-4-5-3-1;3*1-2;;;;/h1-5H;3*2H2,1H3;3*1H;/q;;;;;;;+3/p-3. The molecule has 0 aromatic heterocycles. The van der Waals surface area contributed by atoms with Crippen LogP contribution >= 0.6 is 27.9 Å². The van der Waals surface area contributed by atoms with Gasteiger partial charge in [0, 0.05) is 6.42 Å². The van der Waals surface area contributed by atoms with Gasteiger partial charge in [0.1, 0.15) is 0 Å². The van der Waals surface area contributed by atoms with E-state index in [1.807, 2.05) is 30.7 Å². The van der Waals surface area contributed by atoms with Crippen molar-refractivity contribution in [1.29, 1.82) is 0 Å². The van der Waals surface area contributed by atoms with Crippen molar-refractivity contribution in [2.45, 2.75) is 0 Å². The summed E-state index contributed by atoms with van der Waals surface area (Å²) in [6.07, 6.45) is 10.0. The Morgan fingerprint density at radius 1 is 0.667 bits per heavy atom. The molecular weight excluding hydrogens is 292 g/mol. The first-order valence-electron chi connectivity index (χ1n) is 3.97. The monoisotopic (exact) mass is 311 g/mol. The van der Waals surface area contributed by atoms with E-state index in [9.17, 15) is 0 Å². The zero-order valence-corrected chi connectivity index (χ0v) is 13.1. The molecule has 0 aromatic carbocycles. The van der Waals surface area contributed by atoms with Gasteiger partial charge in [0.25, 0.3) is 0 Å². The average Bonchev–Trinajstić information content (AvgIpc) is 2.83. The van der Waals surface area contributed by atoms with Crippen LogP contribution in [0.1, 0.15) is 0 Å². The van der Waals surface area contributed by atoms with E-state index in [2.05, 4.69) is 17.2 Å². The number of hydrogen-bond acceptors (Lipinski definition) is 3. The SMILES string of the molecule is CN.CN.CN.[CH]1C=CC=C1.[Cl][Ti]([Cl])[Cl]. The van der Waals surface area contributed by atoms with Crippen LogP contribution in [0.25, 0.3) is 0 Å². The van der Waals surface area contributed by atoms with Crippen molar-refractivity contribution in [2.75, 3.05) is 21.1 Å². The molecule has 0 saturated carbocycles. The second-order valence-corrected chi connectivity index (χ2v) is 8.91. The van der Waals surface area contributed by atoms with Crippen LogP contribution in [-0.4, -0.2) is 21.1 Å². The number of nitrogens with two attached hydrogens (primary N) is 3. The van der Waals surface area contributed by atoms with E-state index in [1.165, 1.54) is 21.1 Å². The van der Waals surface area contributed by atoms with E-state index in [0.29, 0.717) is 0 Å². The van der Waals surface area contributed by atoms with Gasteiger partial charge in [-0.25, -0.2) is 0 Å². The first-order chi connectivity index (χ1) is 7.23. The third-order valence-corrected chi connectivity index (χ3v) is 0.556. The van der Waals surface area contributed by atoms with Gasteiger partial charge in [-0.15, -0.1) is 0 Å². The Morgan fingerprint density at radius 2 is 0.867 bits per heavy atom. The number of halogens is 3. The van der Waals surface area contributed by atoms with Gasteiger partial charge in [-0.1, -0.05) is 24.3 Å². The zero-order valence-electron chi connectivity index (χ0n) is 9.25. The fraction of sp³-hybridized carbons (Fsp3) is 0.375. The summed E-state index contributed by atoms with van der Waals surface area (Å²) < 4.78 is 0. The van der Waals surface area contributed by atoms with Crippen LogP contribution in [0.4, 0.5) is 0 Å². The topological polar surface area (TPSA) is 78.1 Å². The normalized spacial score (nSPS) is 8.87. The van der Waals surface area contributed by atoms with Gasteiger partial charge >= 0.3 is 42.6 Å². The third-order valence-electron chi connectivity index (χ3n) is 0.556. The Bertz CT molecular complexity index is 109. The molecule has 1 radical (unpaired) electrons. The molecule has 1 aliphatic carbocycles. The van der Waals surface area contributed by atoms with Crippen molar-refractivity contribution in [3.8, 4) is 0 Å². The maximum absolute atomic E-state index is 4.97. The van der Waals surface area contributed by atoms with Crippen LogP contribution in [0.3, 0.4) is 0 Å². The molecule has 0 fully saturated rings. The van der Waals surface area contributed by atoms with Crippen molar-refractivity contribution in [1.82, 2.24) is 0 Å². The molecule has 0 heterocycles. The summed E-state index contributed by atoms with van der Waals surface area (Å²) in [6.45, 7) is 0. The van der Waals surface area contributed by atoms with E-state index < -0.39 is 14.7 Å². The fourth-order valence-corrected chi connectivity index (χ4v) is 0.321. The van der Waals surface area contributed by atoms with E-state index in [-0.39, 0.29) is 0 Å². The van der Waals surface area contributed by atoms with Gasteiger partial charge in [0.05, 0.1) is 0 Å². The second-order valence-electron chi connectivity index (χ2n) is 1.18. The molecule has 0 bridgehead atoms. The molecule has 6 N–H and O–H groups in total. The summed E-state index contributed by atoms with van der Waals surface area (Å²) >= 11 is -1.92. The number of hydrogen-bond donors (Lipinski definition) is 3. The molecule has 0 unspecified atom stereocenters. The Hall–Kier alpha value is 0.944. The molecule has 0 saturated heterocycles. The summed E-state index contributed by atoms with van der Waals surface area (Å²) in [6, 6.07) is 0. The second kappa shape index (κ2) is 36.3. The van der Waals surface area contributed by atoms with Crippen molar-refractivity contribution in [3.63, 3.8) is 0 Å². The minimum atomic E-state index is -1.92. The molecule has 0 aliphatic heterocycles. The van der Waals surface area contributed by atoms with Gasteiger partial charge in [-0.3, -0.25) is 0 Å². The molecule has 0 atom stereocenters. The van der Waals surface area contributed by atoms with E-state index in [0.717, 1.165) is 0 Å². The first kappa shape index (κ1) is 25.0. The fourth-order valence-electron chi connectivity index (χ4n) is 0.321. The molecule has 0 aromatic rings. The molecule has 1 rings (SSSR count). The Labute approximate surface area is 111 Å². The summed E-state index contributed by atoms with van der Waals surface area (Å²) in [4.78, 5) is 0. The van der Waals surface area contributed by atoms with Gasteiger partial charge in [-0.2, -0.15) is 0 Å². The van der Waals surface area contributed by atoms with Crippen LogP contribution in [0.15, 0.2) is 24.3 Å². The molecule has 3 nitrogen and oxygen atoms in total. The van der Waals surface area contributed by atoms with E-state index >= 15 is 0 Å². The Morgan fingerprint density at radius 3 is 0.933 bits per heavy atom. The van der Waals surface area contributed by atoms with Crippen LogP contribution in [-0.2, 0) is 14.7 Å². The van der Waals surface area contributed by atoms with Crippen LogP contribution in [0.5, 0.6) is 0 Å². The predicted molar refractivity (Wildman–Crippen MR) is 70.5 cm³/mol. The first-order valence-corrected chi connectivity index (χ1v) is 10.4. The van der Waals surface area contributed by atoms with Crippen molar-refractivity contribution in [3.05, 3.63) is 30.7 Å². The number of rotatable bonds is 0. The Balaban J connectivity index is -0.0000000552. The van der Waals surface area contributed by atoms with E-state index in [4.69, 9.17) is 27.9 Å². The van der Waals surface area contributed by atoms with Crippen molar-refractivity contribution in [2.24, 2.45) is 17.2 Å². The molecule has 15 heavy (non-hydrogen) atoms. The quantitative estimate of drug-likeness (QED) is 0.599. The van der Waals surface area contributed by atoms with Crippen molar-refractivity contribution >= 4 is 27.9 Å². The molecule has 92 valence electrons. The van der Waals surface area contributed by atoms with Crippen molar-refractivity contribution < 1.29 is 14.7 Å². The van der Waals surface area contributed by atoms with Crippen LogP contribution < -0.4 is 17.2 Å². The summed E-state index contributed by atoms with van der Waals surface area (Å²) in [7, 11) is 19.4. The summed E-state index contributed by atoms with van der Waals surface area (Å²) in [5, 5.41) is 0. The predicted octanol–water partition coefficient (Wildman–Crippen LogP) is 2.11. The summed E-state index contributed by atoms with van der Waals surface area (Å²) in [5.74, 6) is 0. The van der Waals surface area contributed by atoms with Gasteiger partial charge in [0.15, 0.2) is 0 Å². The average molecular weight is 312 g/mol. The molecule has 7 heteroatoms. The van der Waals surface area contributed by atoms with Gasteiger partial charge in [0.2, 0.25) is 0 Å².